The third-order valence-electron chi connectivity index (χ3n) is 6.26. The number of halogens is 1. The summed E-state index contributed by atoms with van der Waals surface area (Å²) in [6, 6.07) is 0. The topological polar surface area (TPSA) is 26.3 Å². The van der Waals surface area contributed by atoms with Gasteiger partial charge < -0.3 is 4.74 Å². The van der Waals surface area contributed by atoms with Crippen LogP contribution in [0.5, 0.6) is 0 Å². The van der Waals surface area contributed by atoms with Gasteiger partial charge in [-0.3, -0.25) is 4.79 Å². The molecule has 102 valence electrons. The summed E-state index contributed by atoms with van der Waals surface area (Å²) in [5.74, 6) is 1.52. The molecule has 0 aliphatic heterocycles. The Morgan fingerprint density at radius 1 is 1.39 bits per heavy atom. The second-order valence-electron chi connectivity index (χ2n) is 7.18. The van der Waals surface area contributed by atoms with Crippen molar-refractivity contribution in [2.75, 3.05) is 7.11 Å². The van der Waals surface area contributed by atoms with Gasteiger partial charge in [0.25, 0.3) is 0 Å². The van der Waals surface area contributed by atoms with E-state index in [2.05, 4.69) is 29.8 Å². The van der Waals surface area contributed by atoms with E-state index >= 15 is 0 Å². The van der Waals surface area contributed by atoms with Gasteiger partial charge in [-0.05, 0) is 48.3 Å². The molecule has 0 aromatic rings. The number of carbonyl (C=O) groups excluding carboxylic acids is 1. The van der Waals surface area contributed by atoms with Crippen LogP contribution in [0.3, 0.4) is 0 Å². The minimum absolute atomic E-state index is 0.0316. The molecule has 0 saturated heterocycles. The van der Waals surface area contributed by atoms with Crippen molar-refractivity contribution in [1.82, 2.24) is 0 Å². The molecule has 0 radical (unpaired) electrons. The molecular weight excluding hydrogens is 292 g/mol. The van der Waals surface area contributed by atoms with Crippen molar-refractivity contribution in [1.29, 1.82) is 0 Å². The van der Waals surface area contributed by atoms with Crippen molar-refractivity contribution in [3.8, 4) is 0 Å². The van der Waals surface area contributed by atoms with Gasteiger partial charge in [0.2, 0.25) is 0 Å². The van der Waals surface area contributed by atoms with Crippen LogP contribution in [0.4, 0.5) is 0 Å². The first kappa shape index (κ1) is 13.0. The Balaban J connectivity index is 1.94. The Bertz CT molecular complexity index is 379. The Kier molecular flexibility index (Phi) is 2.86. The zero-order chi connectivity index (χ0) is 13.1. The van der Waals surface area contributed by atoms with Crippen LogP contribution in [0.15, 0.2) is 0 Å². The second kappa shape index (κ2) is 3.97. The first-order chi connectivity index (χ1) is 8.43. The van der Waals surface area contributed by atoms with Crippen LogP contribution in [-0.2, 0) is 9.53 Å². The largest absolute Gasteiger partial charge is 0.469 e. The van der Waals surface area contributed by atoms with E-state index in [1.54, 1.807) is 0 Å². The molecule has 2 bridgehead atoms. The highest BCUT2D eigenvalue weighted by Gasteiger charge is 2.67. The van der Waals surface area contributed by atoms with Gasteiger partial charge in [-0.15, -0.1) is 0 Å². The number of hydrogen-bond donors (Lipinski definition) is 0. The van der Waals surface area contributed by atoms with Crippen LogP contribution in [-0.4, -0.2) is 17.9 Å². The van der Waals surface area contributed by atoms with E-state index in [1.807, 2.05) is 0 Å². The molecule has 3 fully saturated rings. The Labute approximate surface area is 118 Å². The highest BCUT2D eigenvalue weighted by molar-refractivity contribution is 9.09. The van der Waals surface area contributed by atoms with Crippen LogP contribution in [0.2, 0.25) is 0 Å². The zero-order valence-electron chi connectivity index (χ0n) is 11.5. The molecule has 1 spiro atoms. The molecule has 2 nitrogen and oxygen atoms in total. The van der Waals surface area contributed by atoms with E-state index < -0.39 is 0 Å². The van der Waals surface area contributed by atoms with Gasteiger partial charge in [0.1, 0.15) is 0 Å². The third-order valence-corrected chi connectivity index (χ3v) is 8.35. The highest BCUT2D eigenvalue weighted by atomic mass is 79.9. The molecule has 3 aliphatic carbocycles. The number of carbonyl (C=O) groups is 1. The number of hydrogen-bond acceptors (Lipinski definition) is 2. The van der Waals surface area contributed by atoms with E-state index in [-0.39, 0.29) is 11.9 Å². The highest BCUT2D eigenvalue weighted by Crippen LogP contribution is 2.72. The summed E-state index contributed by atoms with van der Waals surface area (Å²) in [6.07, 6.45) is 6.05. The molecule has 3 saturated carbocycles. The molecule has 0 aromatic carbocycles. The monoisotopic (exact) mass is 314 g/mol. The maximum atomic E-state index is 12.0. The van der Waals surface area contributed by atoms with Crippen molar-refractivity contribution in [2.45, 2.75) is 50.8 Å². The number of esters is 1. The van der Waals surface area contributed by atoms with Crippen LogP contribution in [0.1, 0.15) is 46.0 Å². The summed E-state index contributed by atoms with van der Waals surface area (Å²) in [4.78, 5) is 12.6. The summed E-state index contributed by atoms with van der Waals surface area (Å²) in [7, 11) is 1.53. The van der Waals surface area contributed by atoms with Gasteiger partial charge >= 0.3 is 5.97 Å². The SMILES string of the molecule is COC(=O)C1CCCC23CC(CC12)C(C)(C)C3Br. The van der Waals surface area contributed by atoms with Crippen LogP contribution in [0.25, 0.3) is 0 Å². The van der Waals surface area contributed by atoms with Gasteiger partial charge in [0, 0.05) is 4.83 Å². The lowest BCUT2D eigenvalue weighted by molar-refractivity contribution is -0.152. The van der Waals surface area contributed by atoms with Crippen LogP contribution < -0.4 is 0 Å². The molecule has 5 atom stereocenters. The molecule has 0 amide bonds. The molecule has 0 heterocycles. The lowest BCUT2D eigenvalue weighted by atomic mass is 9.57. The fourth-order valence-corrected chi connectivity index (χ4v) is 6.43. The summed E-state index contributed by atoms with van der Waals surface area (Å²) in [6.45, 7) is 4.79. The molecule has 0 aromatic heterocycles. The molecular formula is C15H23BrO2. The number of methoxy groups -OCH3 is 1. The molecule has 3 aliphatic rings. The van der Waals surface area contributed by atoms with Crippen molar-refractivity contribution in [3.05, 3.63) is 0 Å². The minimum atomic E-state index is 0.0316. The van der Waals surface area contributed by atoms with Crippen LogP contribution >= 0.6 is 15.9 Å². The quantitative estimate of drug-likeness (QED) is 0.544. The smallest absolute Gasteiger partial charge is 0.308 e. The first-order valence-electron chi connectivity index (χ1n) is 7.15. The Hall–Kier alpha value is -0.0500. The maximum absolute atomic E-state index is 12.0. The lowest BCUT2D eigenvalue weighted by Gasteiger charge is -2.50. The van der Waals surface area contributed by atoms with E-state index in [1.165, 1.54) is 32.8 Å². The molecule has 18 heavy (non-hydrogen) atoms. The molecule has 5 unspecified atom stereocenters. The van der Waals surface area contributed by atoms with E-state index in [9.17, 15) is 4.79 Å². The van der Waals surface area contributed by atoms with Gasteiger partial charge in [-0.2, -0.15) is 0 Å². The fourth-order valence-electron chi connectivity index (χ4n) is 5.31. The molecule has 0 N–H and O–H groups in total. The van der Waals surface area contributed by atoms with E-state index in [0.29, 0.717) is 21.6 Å². The van der Waals surface area contributed by atoms with Gasteiger partial charge in [-0.1, -0.05) is 36.2 Å². The number of rotatable bonds is 1. The predicted octanol–water partition coefficient (Wildman–Crippen LogP) is 3.78. The van der Waals surface area contributed by atoms with Crippen molar-refractivity contribution < 1.29 is 9.53 Å². The molecule has 3 heteroatoms. The fraction of sp³-hybridized carbons (Fsp3) is 0.933. The van der Waals surface area contributed by atoms with Crippen molar-refractivity contribution >= 4 is 21.9 Å². The van der Waals surface area contributed by atoms with Crippen LogP contribution in [0, 0.1) is 28.6 Å². The average Bonchev–Trinajstić information content (AvgIpc) is 2.83. The normalized spacial score (nSPS) is 48.9. The first-order valence-corrected chi connectivity index (χ1v) is 8.07. The molecule has 3 rings (SSSR count). The standard InChI is InChI=1S/C15H23BrO2/c1-14(2)9-7-11-10(12(17)18-3)5-4-6-15(11,8-9)13(14)16/h9-11,13H,4-8H2,1-3H3. The van der Waals surface area contributed by atoms with Crippen molar-refractivity contribution in [2.24, 2.45) is 28.6 Å². The Morgan fingerprint density at radius 2 is 2.11 bits per heavy atom. The van der Waals surface area contributed by atoms with Gasteiger partial charge in [-0.25, -0.2) is 0 Å². The summed E-state index contributed by atoms with van der Waals surface area (Å²) < 4.78 is 5.04. The summed E-state index contributed by atoms with van der Waals surface area (Å²) in [5, 5.41) is 0. The summed E-state index contributed by atoms with van der Waals surface area (Å²) >= 11 is 4.00. The van der Waals surface area contributed by atoms with E-state index in [4.69, 9.17) is 4.74 Å². The number of alkyl halides is 1. The number of ether oxygens (including phenoxy) is 1. The zero-order valence-corrected chi connectivity index (χ0v) is 13.1. The lowest BCUT2D eigenvalue weighted by Crippen LogP contribution is -2.49. The maximum Gasteiger partial charge on any atom is 0.308 e. The second-order valence-corrected chi connectivity index (χ2v) is 8.10. The number of fused-ring (bicyclic) bond motifs is 1. The van der Waals surface area contributed by atoms with Gasteiger partial charge in [0.05, 0.1) is 13.0 Å². The predicted molar refractivity (Wildman–Crippen MR) is 74.5 cm³/mol. The van der Waals surface area contributed by atoms with E-state index in [0.717, 1.165) is 12.3 Å². The minimum Gasteiger partial charge on any atom is -0.469 e. The third kappa shape index (κ3) is 1.43. The average molecular weight is 315 g/mol. The van der Waals surface area contributed by atoms with Crippen molar-refractivity contribution in [3.63, 3.8) is 0 Å². The summed E-state index contributed by atoms with van der Waals surface area (Å²) in [5.41, 5.74) is 0.750. The van der Waals surface area contributed by atoms with Gasteiger partial charge in [0.15, 0.2) is 0 Å². The Morgan fingerprint density at radius 3 is 2.72 bits per heavy atom.